The van der Waals surface area contributed by atoms with Gasteiger partial charge in [0.2, 0.25) is 0 Å². The molecule has 0 bridgehead atoms. The van der Waals surface area contributed by atoms with Gasteiger partial charge in [0.15, 0.2) is 0 Å². The van der Waals surface area contributed by atoms with Crippen LogP contribution in [0, 0.1) is 0 Å². The number of aliphatic carboxylic acids is 1. The second kappa shape index (κ2) is 4.64. The zero-order chi connectivity index (χ0) is 10.7. The van der Waals surface area contributed by atoms with Gasteiger partial charge in [-0.3, -0.25) is 4.79 Å². The van der Waals surface area contributed by atoms with Crippen LogP contribution >= 0.6 is 23.2 Å². The largest absolute Gasteiger partial charge is 0.480 e. The standard InChI is InChI=1S/C9H9Cl2NO2/c1-12-8(9(13)14)6-3-2-5(10)4-7(6)11/h2-4,8,12H,1H3,(H,13,14). The lowest BCUT2D eigenvalue weighted by Gasteiger charge is -2.13. The summed E-state index contributed by atoms with van der Waals surface area (Å²) in [5.74, 6) is -0.975. The zero-order valence-corrected chi connectivity index (χ0v) is 8.93. The van der Waals surface area contributed by atoms with E-state index in [0.29, 0.717) is 15.6 Å². The molecule has 0 saturated heterocycles. The third kappa shape index (κ3) is 2.38. The Morgan fingerprint density at radius 3 is 2.57 bits per heavy atom. The molecule has 0 heterocycles. The molecule has 0 aliphatic carbocycles. The fourth-order valence-electron chi connectivity index (χ4n) is 1.15. The topological polar surface area (TPSA) is 49.3 Å². The van der Waals surface area contributed by atoms with Crippen molar-refractivity contribution >= 4 is 29.2 Å². The molecule has 14 heavy (non-hydrogen) atoms. The number of nitrogens with one attached hydrogen (secondary N) is 1. The predicted octanol–water partition coefficient (Wildman–Crippen LogP) is 2.34. The Kier molecular flexibility index (Phi) is 3.75. The van der Waals surface area contributed by atoms with Crippen LogP contribution in [-0.4, -0.2) is 18.1 Å². The molecule has 1 rings (SSSR count). The van der Waals surface area contributed by atoms with Crippen molar-refractivity contribution in [3.05, 3.63) is 33.8 Å². The van der Waals surface area contributed by atoms with E-state index in [9.17, 15) is 4.79 Å². The van der Waals surface area contributed by atoms with Gasteiger partial charge in [-0.05, 0) is 24.7 Å². The second-order valence-corrected chi connectivity index (χ2v) is 3.57. The molecule has 0 spiro atoms. The molecule has 0 aliphatic heterocycles. The smallest absolute Gasteiger partial charge is 0.325 e. The first-order valence-corrected chi connectivity index (χ1v) is 4.67. The molecule has 0 aromatic heterocycles. The lowest BCUT2D eigenvalue weighted by Crippen LogP contribution is -2.25. The van der Waals surface area contributed by atoms with Gasteiger partial charge in [-0.1, -0.05) is 29.3 Å². The van der Waals surface area contributed by atoms with Gasteiger partial charge in [-0.15, -0.1) is 0 Å². The molecule has 0 aliphatic rings. The monoisotopic (exact) mass is 233 g/mol. The van der Waals surface area contributed by atoms with E-state index >= 15 is 0 Å². The van der Waals surface area contributed by atoms with Gasteiger partial charge < -0.3 is 10.4 Å². The minimum Gasteiger partial charge on any atom is -0.480 e. The number of carbonyl (C=O) groups is 1. The number of hydrogen-bond donors (Lipinski definition) is 2. The van der Waals surface area contributed by atoms with Gasteiger partial charge in [0.25, 0.3) is 0 Å². The van der Waals surface area contributed by atoms with Crippen LogP contribution in [0.4, 0.5) is 0 Å². The maximum absolute atomic E-state index is 10.8. The lowest BCUT2D eigenvalue weighted by atomic mass is 10.1. The summed E-state index contributed by atoms with van der Waals surface area (Å²) in [5, 5.41) is 12.3. The first kappa shape index (κ1) is 11.3. The summed E-state index contributed by atoms with van der Waals surface area (Å²) in [5.41, 5.74) is 0.506. The van der Waals surface area contributed by atoms with Crippen LogP contribution in [0.5, 0.6) is 0 Å². The Balaban J connectivity index is 3.10. The van der Waals surface area contributed by atoms with E-state index in [1.165, 1.54) is 6.07 Å². The third-order valence-corrected chi connectivity index (χ3v) is 2.37. The fraction of sp³-hybridized carbons (Fsp3) is 0.222. The minimum absolute atomic E-state index is 0.347. The molecule has 76 valence electrons. The van der Waals surface area contributed by atoms with Crippen LogP contribution in [0.1, 0.15) is 11.6 Å². The second-order valence-electron chi connectivity index (χ2n) is 2.73. The maximum Gasteiger partial charge on any atom is 0.325 e. The number of carboxylic acids is 1. The van der Waals surface area contributed by atoms with Crippen molar-refractivity contribution in [3.8, 4) is 0 Å². The normalized spacial score (nSPS) is 12.5. The molecule has 0 fully saturated rings. The van der Waals surface area contributed by atoms with E-state index in [4.69, 9.17) is 28.3 Å². The van der Waals surface area contributed by atoms with Gasteiger partial charge in [0.05, 0.1) is 0 Å². The Morgan fingerprint density at radius 2 is 2.14 bits per heavy atom. The average Bonchev–Trinajstić information content (AvgIpc) is 2.09. The van der Waals surface area contributed by atoms with Crippen LogP contribution in [0.3, 0.4) is 0 Å². The van der Waals surface area contributed by atoms with Gasteiger partial charge in [-0.25, -0.2) is 0 Å². The summed E-state index contributed by atoms with van der Waals surface area (Å²) in [6.07, 6.45) is 0. The van der Waals surface area contributed by atoms with E-state index in [1.54, 1.807) is 19.2 Å². The van der Waals surface area contributed by atoms with E-state index in [-0.39, 0.29) is 0 Å². The van der Waals surface area contributed by atoms with Gasteiger partial charge in [0, 0.05) is 10.0 Å². The van der Waals surface area contributed by atoms with Crippen LogP contribution < -0.4 is 5.32 Å². The van der Waals surface area contributed by atoms with E-state index in [1.807, 2.05) is 0 Å². The Labute approximate surface area is 91.6 Å². The molecule has 3 nitrogen and oxygen atoms in total. The summed E-state index contributed by atoms with van der Waals surface area (Å²) in [4.78, 5) is 10.8. The summed E-state index contributed by atoms with van der Waals surface area (Å²) < 4.78 is 0. The van der Waals surface area contributed by atoms with E-state index in [2.05, 4.69) is 5.32 Å². The highest BCUT2D eigenvalue weighted by atomic mass is 35.5. The number of likely N-dealkylation sites (N-methyl/N-ethyl adjacent to an activating group) is 1. The Hall–Kier alpha value is -0.770. The van der Waals surface area contributed by atoms with Crippen LogP contribution in [0.25, 0.3) is 0 Å². The summed E-state index contributed by atoms with van der Waals surface area (Å²) in [7, 11) is 1.56. The van der Waals surface area contributed by atoms with Crippen molar-refractivity contribution < 1.29 is 9.90 Å². The fourth-order valence-corrected chi connectivity index (χ4v) is 1.67. The van der Waals surface area contributed by atoms with Crippen molar-refractivity contribution in [1.82, 2.24) is 5.32 Å². The van der Waals surface area contributed by atoms with E-state index < -0.39 is 12.0 Å². The molecular weight excluding hydrogens is 225 g/mol. The number of hydrogen-bond acceptors (Lipinski definition) is 2. The maximum atomic E-state index is 10.8. The van der Waals surface area contributed by atoms with Gasteiger partial charge >= 0.3 is 5.97 Å². The number of benzene rings is 1. The number of carboxylic acid groups (broad SMARTS) is 1. The molecular formula is C9H9Cl2NO2. The molecule has 0 amide bonds. The molecule has 5 heteroatoms. The first-order valence-electron chi connectivity index (χ1n) is 3.91. The van der Waals surface area contributed by atoms with E-state index in [0.717, 1.165) is 0 Å². The molecule has 1 atom stereocenters. The predicted molar refractivity (Wildman–Crippen MR) is 55.9 cm³/mol. The van der Waals surface area contributed by atoms with Crippen molar-refractivity contribution in [1.29, 1.82) is 0 Å². The minimum atomic E-state index is -0.975. The molecule has 0 radical (unpaired) electrons. The van der Waals surface area contributed by atoms with Gasteiger partial charge in [0.1, 0.15) is 6.04 Å². The molecule has 2 N–H and O–H groups in total. The highest BCUT2D eigenvalue weighted by Gasteiger charge is 2.19. The van der Waals surface area contributed by atoms with Crippen molar-refractivity contribution in [3.63, 3.8) is 0 Å². The van der Waals surface area contributed by atoms with Crippen LogP contribution in [-0.2, 0) is 4.79 Å². The SMILES string of the molecule is CNC(C(=O)O)c1ccc(Cl)cc1Cl. The summed E-state index contributed by atoms with van der Waals surface area (Å²) >= 11 is 11.6. The molecule has 0 saturated carbocycles. The highest BCUT2D eigenvalue weighted by molar-refractivity contribution is 6.35. The Bertz CT molecular complexity index is 355. The lowest BCUT2D eigenvalue weighted by molar-refractivity contribution is -0.139. The average molecular weight is 234 g/mol. The molecule has 1 aromatic rings. The quantitative estimate of drug-likeness (QED) is 0.843. The third-order valence-electron chi connectivity index (χ3n) is 1.81. The molecule has 1 unspecified atom stereocenters. The van der Waals surface area contributed by atoms with Crippen LogP contribution in [0.2, 0.25) is 10.0 Å². The zero-order valence-electron chi connectivity index (χ0n) is 7.42. The van der Waals surface area contributed by atoms with Crippen molar-refractivity contribution in [2.75, 3.05) is 7.05 Å². The Morgan fingerprint density at radius 1 is 1.50 bits per heavy atom. The summed E-state index contributed by atoms with van der Waals surface area (Å²) in [6.45, 7) is 0. The first-order chi connectivity index (χ1) is 6.56. The summed E-state index contributed by atoms with van der Waals surface area (Å²) in [6, 6.07) is 3.92. The number of halogens is 2. The van der Waals surface area contributed by atoms with Crippen LogP contribution in [0.15, 0.2) is 18.2 Å². The van der Waals surface area contributed by atoms with Crippen molar-refractivity contribution in [2.45, 2.75) is 6.04 Å². The number of rotatable bonds is 3. The van der Waals surface area contributed by atoms with Crippen molar-refractivity contribution in [2.24, 2.45) is 0 Å². The molecule has 1 aromatic carbocycles. The van der Waals surface area contributed by atoms with Gasteiger partial charge in [-0.2, -0.15) is 0 Å². The highest BCUT2D eigenvalue weighted by Crippen LogP contribution is 2.26.